The summed E-state index contributed by atoms with van der Waals surface area (Å²) in [5.41, 5.74) is 3.52. The molecule has 0 aliphatic heterocycles. The standard InChI is InChI=1S/C13H16F2N4O/c1-3-19-13(11(20-2)7-17-19)12(18-16)8-4-9(14)6-10(15)5-8/h4-7,12,18H,3,16H2,1-2H3. The van der Waals surface area contributed by atoms with Crippen LogP contribution in [-0.4, -0.2) is 16.9 Å². The fourth-order valence-electron chi connectivity index (χ4n) is 2.15. The Labute approximate surface area is 115 Å². The van der Waals surface area contributed by atoms with Crippen LogP contribution in [0, 0.1) is 11.6 Å². The molecule has 2 aromatic rings. The summed E-state index contributed by atoms with van der Waals surface area (Å²) >= 11 is 0. The molecule has 7 heteroatoms. The summed E-state index contributed by atoms with van der Waals surface area (Å²) in [5, 5.41) is 4.15. The van der Waals surface area contributed by atoms with Crippen LogP contribution in [0.25, 0.3) is 0 Å². The maximum atomic E-state index is 13.4. The number of aryl methyl sites for hydroxylation is 1. The first-order valence-electron chi connectivity index (χ1n) is 6.12. The third kappa shape index (κ3) is 2.63. The molecule has 1 atom stereocenters. The van der Waals surface area contributed by atoms with Gasteiger partial charge < -0.3 is 4.74 Å². The zero-order valence-corrected chi connectivity index (χ0v) is 11.2. The Hall–Kier alpha value is -1.99. The average Bonchev–Trinajstić information content (AvgIpc) is 2.81. The Kier molecular flexibility index (Phi) is 4.31. The Morgan fingerprint density at radius 3 is 2.50 bits per heavy atom. The van der Waals surface area contributed by atoms with Crippen molar-refractivity contribution < 1.29 is 13.5 Å². The Morgan fingerprint density at radius 2 is 2.00 bits per heavy atom. The van der Waals surface area contributed by atoms with Crippen LogP contribution in [0.15, 0.2) is 24.4 Å². The normalized spacial score (nSPS) is 12.4. The molecule has 2 rings (SSSR count). The van der Waals surface area contributed by atoms with E-state index < -0.39 is 17.7 Å². The highest BCUT2D eigenvalue weighted by molar-refractivity contribution is 5.36. The smallest absolute Gasteiger partial charge is 0.161 e. The summed E-state index contributed by atoms with van der Waals surface area (Å²) in [6, 6.07) is 2.63. The summed E-state index contributed by atoms with van der Waals surface area (Å²) in [5.74, 6) is 4.72. The molecule has 1 unspecified atom stereocenters. The third-order valence-corrected chi connectivity index (χ3v) is 3.02. The molecule has 5 nitrogen and oxygen atoms in total. The number of hydrogen-bond donors (Lipinski definition) is 2. The molecule has 20 heavy (non-hydrogen) atoms. The van der Waals surface area contributed by atoms with E-state index in [1.165, 1.54) is 19.2 Å². The number of hydrogen-bond acceptors (Lipinski definition) is 4. The fraction of sp³-hybridized carbons (Fsp3) is 0.308. The van der Waals surface area contributed by atoms with Gasteiger partial charge in [0.15, 0.2) is 5.75 Å². The van der Waals surface area contributed by atoms with Gasteiger partial charge >= 0.3 is 0 Å². The molecule has 0 amide bonds. The zero-order valence-electron chi connectivity index (χ0n) is 11.2. The number of aromatic nitrogens is 2. The van der Waals surface area contributed by atoms with Crippen molar-refractivity contribution in [2.75, 3.05) is 7.11 Å². The maximum Gasteiger partial charge on any atom is 0.161 e. The number of rotatable bonds is 5. The maximum absolute atomic E-state index is 13.4. The van der Waals surface area contributed by atoms with Gasteiger partial charge in [0.1, 0.15) is 17.3 Å². The lowest BCUT2D eigenvalue weighted by atomic mass is 10.0. The average molecular weight is 282 g/mol. The van der Waals surface area contributed by atoms with Crippen LogP contribution in [0.5, 0.6) is 5.75 Å². The molecule has 0 saturated carbocycles. The van der Waals surface area contributed by atoms with Gasteiger partial charge in [0.25, 0.3) is 0 Å². The first-order valence-corrected chi connectivity index (χ1v) is 6.12. The van der Waals surface area contributed by atoms with E-state index in [-0.39, 0.29) is 0 Å². The topological polar surface area (TPSA) is 65.1 Å². The molecule has 0 radical (unpaired) electrons. The second-order valence-corrected chi connectivity index (χ2v) is 4.22. The van der Waals surface area contributed by atoms with Gasteiger partial charge in [0.05, 0.1) is 19.3 Å². The van der Waals surface area contributed by atoms with Crippen LogP contribution < -0.4 is 16.0 Å². The molecule has 0 saturated heterocycles. The van der Waals surface area contributed by atoms with E-state index in [1.54, 1.807) is 10.9 Å². The van der Waals surface area contributed by atoms with E-state index in [0.717, 1.165) is 6.07 Å². The highest BCUT2D eigenvalue weighted by Gasteiger charge is 2.23. The molecule has 1 heterocycles. The Bertz CT molecular complexity index is 558. The number of methoxy groups -OCH3 is 1. The molecule has 1 aromatic carbocycles. The van der Waals surface area contributed by atoms with Crippen molar-refractivity contribution in [1.29, 1.82) is 0 Å². The molecule has 0 aliphatic carbocycles. The summed E-state index contributed by atoms with van der Waals surface area (Å²) < 4.78 is 33.6. The van der Waals surface area contributed by atoms with E-state index in [1.807, 2.05) is 6.92 Å². The quantitative estimate of drug-likeness (QED) is 0.647. The van der Waals surface area contributed by atoms with Crippen LogP contribution in [0.3, 0.4) is 0 Å². The van der Waals surface area contributed by atoms with Gasteiger partial charge in [-0.25, -0.2) is 14.2 Å². The van der Waals surface area contributed by atoms with Gasteiger partial charge in [-0.15, -0.1) is 0 Å². The Balaban J connectivity index is 2.54. The lowest BCUT2D eigenvalue weighted by Gasteiger charge is -2.19. The predicted molar refractivity (Wildman–Crippen MR) is 70.0 cm³/mol. The van der Waals surface area contributed by atoms with Crippen LogP contribution in [0.2, 0.25) is 0 Å². The van der Waals surface area contributed by atoms with E-state index in [0.29, 0.717) is 23.6 Å². The van der Waals surface area contributed by atoms with Crippen molar-refractivity contribution in [2.24, 2.45) is 5.84 Å². The van der Waals surface area contributed by atoms with E-state index >= 15 is 0 Å². The number of nitrogens with zero attached hydrogens (tertiary/aromatic N) is 2. The second-order valence-electron chi connectivity index (χ2n) is 4.22. The number of benzene rings is 1. The minimum Gasteiger partial charge on any atom is -0.493 e. The van der Waals surface area contributed by atoms with Crippen molar-refractivity contribution in [1.82, 2.24) is 15.2 Å². The lowest BCUT2D eigenvalue weighted by molar-refractivity contribution is 0.399. The zero-order chi connectivity index (χ0) is 14.7. The third-order valence-electron chi connectivity index (χ3n) is 3.02. The molecule has 108 valence electrons. The number of ether oxygens (including phenoxy) is 1. The van der Waals surface area contributed by atoms with Gasteiger partial charge in [-0.05, 0) is 24.6 Å². The van der Waals surface area contributed by atoms with E-state index in [2.05, 4.69) is 10.5 Å². The molecule has 0 bridgehead atoms. The minimum atomic E-state index is -0.665. The summed E-state index contributed by atoms with van der Waals surface area (Å²) in [4.78, 5) is 0. The molecule has 0 fully saturated rings. The second kappa shape index (κ2) is 5.98. The first-order chi connectivity index (χ1) is 9.60. The van der Waals surface area contributed by atoms with Crippen molar-refractivity contribution >= 4 is 0 Å². The number of nitrogens with one attached hydrogen (secondary N) is 1. The molecule has 1 aromatic heterocycles. The number of hydrazine groups is 1. The van der Waals surface area contributed by atoms with E-state index in [9.17, 15) is 8.78 Å². The predicted octanol–water partition coefficient (Wildman–Crippen LogP) is 1.74. The van der Waals surface area contributed by atoms with Crippen molar-refractivity contribution in [3.05, 3.63) is 47.3 Å². The molecule has 0 aliphatic rings. The fourth-order valence-corrected chi connectivity index (χ4v) is 2.15. The van der Waals surface area contributed by atoms with Crippen molar-refractivity contribution in [3.63, 3.8) is 0 Å². The lowest BCUT2D eigenvalue weighted by Crippen LogP contribution is -2.31. The van der Waals surface area contributed by atoms with Crippen LogP contribution in [0.1, 0.15) is 24.2 Å². The van der Waals surface area contributed by atoms with Crippen molar-refractivity contribution in [2.45, 2.75) is 19.5 Å². The minimum absolute atomic E-state index is 0.360. The molecule has 3 N–H and O–H groups in total. The number of nitrogens with two attached hydrogens (primary N) is 1. The largest absolute Gasteiger partial charge is 0.493 e. The first kappa shape index (κ1) is 14.4. The molecular weight excluding hydrogens is 266 g/mol. The van der Waals surface area contributed by atoms with Crippen LogP contribution in [-0.2, 0) is 6.54 Å². The number of halogens is 2. The molecular formula is C13H16F2N4O. The Morgan fingerprint density at radius 1 is 1.35 bits per heavy atom. The highest BCUT2D eigenvalue weighted by Crippen LogP contribution is 2.30. The van der Waals surface area contributed by atoms with E-state index in [4.69, 9.17) is 10.6 Å². The monoisotopic (exact) mass is 282 g/mol. The SMILES string of the molecule is CCn1ncc(OC)c1C(NN)c1cc(F)cc(F)c1. The van der Waals surface area contributed by atoms with Gasteiger partial charge in [0.2, 0.25) is 0 Å². The highest BCUT2D eigenvalue weighted by atomic mass is 19.1. The van der Waals surface area contributed by atoms with Gasteiger partial charge in [-0.2, -0.15) is 5.10 Å². The van der Waals surface area contributed by atoms with Crippen LogP contribution in [0.4, 0.5) is 8.78 Å². The van der Waals surface area contributed by atoms with Gasteiger partial charge in [-0.1, -0.05) is 0 Å². The summed E-state index contributed by atoms with van der Waals surface area (Å²) in [6.45, 7) is 2.48. The molecule has 0 spiro atoms. The summed E-state index contributed by atoms with van der Waals surface area (Å²) in [6.07, 6.45) is 1.54. The van der Waals surface area contributed by atoms with Gasteiger partial charge in [-0.3, -0.25) is 10.5 Å². The summed E-state index contributed by atoms with van der Waals surface area (Å²) in [7, 11) is 1.50. The van der Waals surface area contributed by atoms with Gasteiger partial charge in [0, 0.05) is 12.6 Å². The van der Waals surface area contributed by atoms with Crippen molar-refractivity contribution in [3.8, 4) is 5.75 Å². The van der Waals surface area contributed by atoms with Crippen LogP contribution >= 0.6 is 0 Å².